The fourth-order valence-corrected chi connectivity index (χ4v) is 3.54. The van der Waals surface area contributed by atoms with E-state index in [2.05, 4.69) is 47.8 Å². The van der Waals surface area contributed by atoms with Crippen LogP contribution in [0.4, 0.5) is 5.69 Å². The Balaban J connectivity index is 1.92. The maximum absolute atomic E-state index is 13.0. The molecule has 0 spiro atoms. The zero-order valence-corrected chi connectivity index (χ0v) is 19.2. The number of aryl methyl sites for hydroxylation is 5. The lowest BCUT2D eigenvalue weighted by Crippen LogP contribution is -2.36. The third-order valence-corrected chi connectivity index (χ3v) is 5.49. The van der Waals surface area contributed by atoms with Gasteiger partial charge < -0.3 is 5.32 Å². The third kappa shape index (κ3) is 5.20. The zero-order chi connectivity index (χ0) is 22.5. The molecule has 2 N–H and O–H groups in total. The number of guanidine groups is 1. The fraction of sp³-hybridized carbons (Fsp3) is 0.320. The number of benzene rings is 2. The van der Waals surface area contributed by atoms with Gasteiger partial charge in [0.25, 0.3) is 5.91 Å². The van der Waals surface area contributed by atoms with Gasteiger partial charge in [-0.15, -0.1) is 0 Å². The molecule has 0 aliphatic heterocycles. The van der Waals surface area contributed by atoms with E-state index in [-0.39, 0.29) is 5.91 Å². The number of carbonyl (C=O) groups excluding carboxylic acids is 1. The molecule has 3 rings (SSSR count). The van der Waals surface area contributed by atoms with E-state index in [9.17, 15) is 4.79 Å². The van der Waals surface area contributed by atoms with Gasteiger partial charge in [-0.1, -0.05) is 30.3 Å². The van der Waals surface area contributed by atoms with Gasteiger partial charge in [-0.05, 0) is 70.4 Å². The lowest BCUT2D eigenvalue weighted by molar-refractivity contribution is 0.0976. The normalized spacial score (nSPS) is 11.5. The van der Waals surface area contributed by atoms with Crippen LogP contribution in [0.25, 0.3) is 0 Å². The molecule has 0 saturated heterocycles. The summed E-state index contributed by atoms with van der Waals surface area (Å²) in [5.74, 6) is 0.234. The van der Waals surface area contributed by atoms with E-state index >= 15 is 0 Å². The second-order valence-corrected chi connectivity index (χ2v) is 7.84. The smallest absolute Gasteiger partial charge is 0.258 e. The van der Waals surface area contributed by atoms with Crippen LogP contribution in [-0.2, 0) is 13.1 Å². The molecule has 0 fully saturated rings. The lowest BCUT2D eigenvalue weighted by atomic mass is 10.1. The van der Waals surface area contributed by atoms with Crippen LogP contribution >= 0.6 is 0 Å². The first-order valence-electron chi connectivity index (χ1n) is 10.6. The Morgan fingerprint density at radius 1 is 1.03 bits per heavy atom. The average Bonchev–Trinajstić information content (AvgIpc) is 3.02. The van der Waals surface area contributed by atoms with Crippen LogP contribution in [0.2, 0.25) is 0 Å². The molecule has 6 heteroatoms. The van der Waals surface area contributed by atoms with Gasteiger partial charge in [-0.3, -0.25) is 14.8 Å². The highest BCUT2D eigenvalue weighted by Crippen LogP contribution is 2.18. The van der Waals surface area contributed by atoms with Crippen LogP contribution in [-0.4, -0.2) is 21.6 Å². The van der Waals surface area contributed by atoms with Gasteiger partial charge in [0.1, 0.15) is 0 Å². The highest BCUT2D eigenvalue weighted by Gasteiger charge is 2.14. The molecule has 0 aliphatic rings. The van der Waals surface area contributed by atoms with E-state index in [1.165, 1.54) is 0 Å². The molecule has 1 amide bonds. The van der Waals surface area contributed by atoms with Crippen LogP contribution in [0.1, 0.15) is 50.9 Å². The molecule has 31 heavy (non-hydrogen) atoms. The lowest BCUT2D eigenvalue weighted by Gasteiger charge is -2.15. The Morgan fingerprint density at radius 3 is 2.45 bits per heavy atom. The molecule has 0 radical (unpaired) electrons. The number of aliphatic imine (C=N–C) groups is 1. The SMILES string of the molecule is CCn1nc(C)c(CN=C(NC(=O)c2ccccc2C)Nc2cc(C)ccc2C)c1C. The largest absolute Gasteiger partial charge is 0.326 e. The van der Waals surface area contributed by atoms with E-state index in [1.807, 2.05) is 56.6 Å². The highest BCUT2D eigenvalue weighted by molar-refractivity contribution is 6.10. The number of rotatable bonds is 5. The summed E-state index contributed by atoms with van der Waals surface area (Å²) in [6.07, 6.45) is 0. The third-order valence-electron chi connectivity index (χ3n) is 5.49. The standard InChI is InChI=1S/C25H31N5O/c1-7-30-20(6)22(19(5)29-30)15-26-25(27-23-14-16(2)12-13-18(23)4)28-24(31)21-11-9-8-10-17(21)3/h8-14H,7,15H2,1-6H3,(H2,26,27,28,31). The molecule has 0 unspecified atom stereocenters. The van der Waals surface area contributed by atoms with Crippen molar-refractivity contribution in [3.63, 3.8) is 0 Å². The van der Waals surface area contributed by atoms with Crippen molar-refractivity contribution in [2.45, 2.75) is 54.6 Å². The number of amides is 1. The molecule has 0 bridgehead atoms. The molecule has 6 nitrogen and oxygen atoms in total. The Bertz CT molecular complexity index is 1130. The van der Waals surface area contributed by atoms with Gasteiger partial charge in [0.2, 0.25) is 5.96 Å². The van der Waals surface area contributed by atoms with Crippen molar-refractivity contribution in [2.24, 2.45) is 4.99 Å². The van der Waals surface area contributed by atoms with Gasteiger partial charge in [-0.2, -0.15) is 5.10 Å². The number of nitrogens with zero attached hydrogens (tertiary/aromatic N) is 3. The maximum atomic E-state index is 13.0. The number of carbonyl (C=O) groups is 1. The number of aromatic nitrogens is 2. The van der Waals surface area contributed by atoms with E-state index < -0.39 is 0 Å². The van der Waals surface area contributed by atoms with Gasteiger partial charge in [0.15, 0.2) is 0 Å². The molecular weight excluding hydrogens is 386 g/mol. The Labute approximate surface area is 184 Å². The van der Waals surface area contributed by atoms with Crippen molar-refractivity contribution in [2.75, 3.05) is 5.32 Å². The van der Waals surface area contributed by atoms with E-state index in [0.29, 0.717) is 18.1 Å². The molecule has 0 saturated carbocycles. The molecular formula is C25H31N5O. The molecule has 0 atom stereocenters. The summed E-state index contributed by atoms with van der Waals surface area (Å²) in [6, 6.07) is 13.7. The number of hydrogen-bond acceptors (Lipinski definition) is 3. The topological polar surface area (TPSA) is 71.3 Å². The van der Waals surface area contributed by atoms with Crippen LogP contribution < -0.4 is 10.6 Å². The first-order valence-corrected chi connectivity index (χ1v) is 10.6. The maximum Gasteiger partial charge on any atom is 0.258 e. The van der Waals surface area contributed by atoms with Gasteiger partial charge in [0.05, 0.1) is 12.2 Å². The predicted molar refractivity (Wildman–Crippen MR) is 127 cm³/mol. The zero-order valence-electron chi connectivity index (χ0n) is 19.2. The van der Waals surface area contributed by atoms with E-state index in [1.54, 1.807) is 0 Å². The first kappa shape index (κ1) is 22.3. The van der Waals surface area contributed by atoms with Crippen molar-refractivity contribution in [1.29, 1.82) is 0 Å². The molecule has 2 aromatic carbocycles. The minimum absolute atomic E-state index is 0.188. The van der Waals surface area contributed by atoms with Crippen LogP contribution in [0.15, 0.2) is 47.5 Å². The second-order valence-electron chi connectivity index (χ2n) is 7.84. The summed E-state index contributed by atoms with van der Waals surface area (Å²) in [4.78, 5) is 17.7. The van der Waals surface area contributed by atoms with Crippen molar-refractivity contribution in [3.8, 4) is 0 Å². The van der Waals surface area contributed by atoms with Crippen LogP contribution in [0, 0.1) is 34.6 Å². The van der Waals surface area contributed by atoms with Crippen molar-refractivity contribution in [3.05, 3.63) is 81.7 Å². The van der Waals surface area contributed by atoms with E-state index in [4.69, 9.17) is 4.99 Å². The molecule has 1 heterocycles. The minimum atomic E-state index is -0.188. The predicted octanol–water partition coefficient (Wildman–Crippen LogP) is 4.84. The van der Waals surface area contributed by atoms with Gasteiger partial charge in [-0.25, -0.2) is 4.99 Å². The summed E-state index contributed by atoms with van der Waals surface area (Å²) in [7, 11) is 0. The van der Waals surface area contributed by atoms with E-state index in [0.717, 1.165) is 45.9 Å². The fourth-order valence-electron chi connectivity index (χ4n) is 3.54. The van der Waals surface area contributed by atoms with Crippen molar-refractivity contribution in [1.82, 2.24) is 15.1 Å². The first-order chi connectivity index (χ1) is 14.8. The van der Waals surface area contributed by atoms with Crippen molar-refractivity contribution >= 4 is 17.6 Å². The second kappa shape index (κ2) is 9.60. The number of hydrogen-bond donors (Lipinski definition) is 2. The molecule has 1 aromatic heterocycles. The number of anilines is 1. The Morgan fingerprint density at radius 2 is 1.77 bits per heavy atom. The monoisotopic (exact) mass is 417 g/mol. The van der Waals surface area contributed by atoms with Gasteiger partial charge >= 0.3 is 0 Å². The number of nitrogens with one attached hydrogen (secondary N) is 2. The summed E-state index contributed by atoms with van der Waals surface area (Å²) < 4.78 is 1.98. The van der Waals surface area contributed by atoms with Crippen LogP contribution in [0.5, 0.6) is 0 Å². The molecule has 3 aromatic rings. The summed E-state index contributed by atoms with van der Waals surface area (Å²) in [6.45, 7) is 13.4. The molecule has 162 valence electrons. The quantitative estimate of drug-likeness (QED) is 0.461. The van der Waals surface area contributed by atoms with Crippen molar-refractivity contribution < 1.29 is 4.79 Å². The highest BCUT2D eigenvalue weighted by atomic mass is 16.1. The summed E-state index contributed by atoms with van der Waals surface area (Å²) in [5.41, 5.74) is 7.81. The minimum Gasteiger partial charge on any atom is -0.326 e. The summed E-state index contributed by atoms with van der Waals surface area (Å²) >= 11 is 0. The summed E-state index contributed by atoms with van der Waals surface area (Å²) in [5, 5.41) is 10.9. The van der Waals surface area contributed by atoms with Crippen LogP contribution in [0.3, 0.4) is 0 Å². The average molecular weight is 418 g/mol. The molecule has 0 aliphatic carbocycles. The van der Waals surface area contributed by atoms with Gasteiger partial charge in [0, 0.05) is 29.1 Å². The Kier molecular flexibility index (Phi) is 6.90. The Hall–Kier alpha value is -3.41.